The lowest BCUT2D eigenvalue weighted by atomic mass is 10.2. The van der Waals surface area contributed by atoms with Crippen molar-refractivity contribution in [3.63, 3.8) is 0 Å². The van der Waals surface area contributed by atoms with E-state index in [0.29, 0.717) is 0 Å². The monoisotopic (exact) mass is 233 g/mol. The minimum atomic E-state index is 0.832. The van der Waals surface area contributed by atoms with E-state index in [4.69, 9.17) is 0 Å². The molecule has 0 aliphatic heterocycles. The van der Waals surface area contributed by atoms with Gasteiger partial charge in [0.1, 0.15) is 0 Å². The van der Waals surface area contributed by atoms with E-state index in [0.717, 1.165) is 37.1 Å². The van der Waals surface area contributed by atoms with Crippen molar-refractivity contribution in [1.82, 2.24) is 15.6 Å². The van der Waals surface area contributed by atoms with Crippen LogP contribution in [-0.2, 0) is 6.54 Å². The maximum Gasteiger partial charge on any atom is 0.0420 e. The van der Waals surface area contributed by atoms with Gasteiger partial charge in [0.05, 0.1) is 0 Å². The molecule has 17 heavy (non-hydrogen) atoms. The lowest BCUT2D eigenvalue weighted by Gasteiger charge is -2.08. The summed E-state index contributed by atoms with van der Waals surface area (Å²) in [7, 11) is 0. The molecule has 0 amide bonds. The standard InChI is InChI=1S/C14H23N3/c1-11-4-5-13(12(2)17-11)10-15-8-3-9-16-14-6-7-14/h4-5,14-16H,3,6-10H2,1-2H3. The molecule has 3 nitrogen and oxygen atoms in total. The Morgan fingerprint density at radius 2 is 2.06 bits per heavy atom. The van der Waals surface area contributed by atoms with Crippen LogP contribution in [0.15, 0.2) is 12.1 Å². The zero-order valence-electron chi connectivity index (χ0n) is 10.9. The zero-order valence-corrected chi connectivity index (χ0v) is 10.9. The van der Waals surface area contributed by atoms with Crippen LogP contribution in [0.2, 0.25) is 0 Å². The lowest BCUT2D eigenvalue weighted by molar-refractivity contribution is 0.592. The molecule has 1 heterocycles. The number of nitrogens with zero attached hydrogens (tertiary/aromatic N) is 1. The minimum Gasteiger partial charge on any atom is -0.314 e. The van der Waals surface area contributed by atoms with E-state index in [-0.39, 0.29) is 0 Å². The van der Waals surface area contributed by atoms with E-state index in [9.17, 15) is 0 Å². The number of pyridine rings is 1. The molecule has 2 N–H and O–H groups in total. The highest BCUT2D eigenvalue weighted by atomic mass is 14.9. The van der Waals surface area contributed by atoms with Gasteiger partial charge in [-0.15, -0.1) is 0 Å². The summed E-state index contributed by atoms with van der Waals surface area (Å²) in [5, 5.41) is 7.00. The molecule has 1 aromatic rings. The summed E-state index contributed by atoms with van der Waals surface area (Å²) in [4.78, 5) is 4.47. The largest absolute Gasteiger partial charge is 0.314 e. The molecular weight excluding hydrogens is 210 g/mol. The molecule has 0 radical (unpaired) electrons. The van der Waals surface area contributed by atoms with Crippen molar-refractivity contribution in [3.8, 4) is 0 Å². The van der Waals surface area contributed by atoms with Gasteiger partial charge in [0.25, 0.3) is 0 Å². The van der Waals surface area contributed by atoms with E-state index < -0.39 is 0 Å². The molecule has 0 atom stereocenters. The fourth-order valence-electron chi connectivity index (χ4n) is 1.93. The number of rotatable bonds is 7. The predicted molar refractivity (Wildman–Crippen MR) is 71.1 cm³/mol. The number of aryl methyl sites for hydroxylation is 2. The maximum absolute atomic E-state index is 4.47. The molecule has 2 rings (SSSR count). The molecule has 1 saturated carbocycles. The van der Waals surface area contributed by atoms with Crippen molar-refractivity contribution < 1.29 is 0 Å². The van der Waals surface area contributed by atoms with Crippen LogP contribution < -0.4 is 10.6 Å². The van der Waals surface area contributed by atoms with Gasteiger partial charge >= 0.3 is 0 Å². The number of hydrogen-bond acceptors (Lipinski definition) is 3. The third kappa shape index (κ3) is 4.44. The van der Waals surface area contributed by atoms with Gasteiger partial charge < -0.3 is 10.6 Å². The van der Waals surface area contributed by atoms with E-state index in [1.807, 2.05) is 6.92 Å². The SMILES string of the molecule is Cc1ccc(CNCCCNC2CC2)c(C)n1. The van der Waals surface area contributed by atoms with Gasteiger partial charge in [-0.1, -0.05) is 6.07 Å². The Hall–Kier alpha value is -0.930. The highest BCUT2D eigenvalue weighted by molar-refractivity contribution is 5.21. The van der Waals surface area contributed by atoms with Crippen LogP contribution in [0.4, 0.5) is 0 Å². The molecule has 0 aromatic carbocycles. The Balaban J connectivity index is 1.60. The van der Waals surface area contributed by atoms with Crippen molar-refractivity contribution in [2.45, 2.75) is 45.7 Å². The van der Waals surface area contributed by atoms with Gasteiger partial charge in [0.15, 0.2) is 0 Å². The number of nitrogens with one attached hydrogen (secondary N) is 2. The Morgan fingerprint density at radius 1 is 1.24 bits per heavy atom. The Labute approximate surface area is 104 Å². The van der Waals surface area contributed by atoms with Crippen LogP contribution in [0.3, 0.4) is 0 Å². The highest BCUT2D eigenvalue weighted by Crippen LogP contribution is 2.18. The maximum atomic E-state index is 4.47. The van der Waals surface area contributed by atoms with Gasteiger partial charge in [-0.2, -0.15) is 0 Å². The summed E-state index contributed by atoms with van der Waals surface area (Å²) >= 11 is 0. The second-order valence-corrected chi connectivity index (χ2v) is 4.96. The summed E-state index contributed by atoms with van der Waals surface area (Å²) < 4.78 is 0. The van der Waals surface area contributed by atoms with Crippen molar-refractivity contribution in [2.75, 3.05) is 13.1 Å². The first-order valence-corrected chi connectivity index (χ1v) is 6.63. The quantitative estimate of drug-likeness (QED) is 0.707. The average Bonchev–Trinajstić information content (AvgIpc) is 3.09. The zero-order chi connectivity index (χ0) is 12.1. The van der Waals surface area contributed by atoms with Crippen molar-refractivity contribution in [1.29, 1.82) is 0 Å². The topological polar surface area (TPSA) is 37.0 Å². The first-order chi connectivity index (χ1) is 8.25. The molecule has 3 heteroatoms. The first-order valence-electron chi connectivity index (χ1n) is 6.63. The van der Waals surface area contributed by atoms with Gasteiger partial charge in [0.2, 0.25) is 0 Å². The first kappa shape index (κ1) is 12.5. The molecule has 1 aliphatic carbocycles. The molecule has 1 aliphatic rings. The van der Waals surface area contributed by atoms with Crippen LogP contribution in [0.1, 0.15) is 36.2 Å². The van der Waals surface area contributed by atoms with Crippen molar-refractivity contribution in [2.24, 2.45) is 0 Å². The highest BCUT2D eigenvalue weighted by Gasteiger charge is 2.19. The van der Waals surface area contributed by atoms with Gasteiger partial charge in [0, 0.05) is 24.0 Å². The molecule has 0 bridgehead atoms. The molecule has 1 fully saturated rings. The molecule has 0 saturated heterocycles. The lowest BCUT2D eigenvalue weighted by Crippen LogP contribution is -2.23. The molecule has 94 valence electrons. The Bertz CT molecular complexity index is 358. The Morgan fingerprint density at radius 3 is 2.76 bits per heavy atom. The summed E-state index contributed by atoms with van der Waals surface area (Å²) in [6, 6.07) is 5.09. The third-order valence-electron chi connectivity index (χ3n) is 3.19. The summed E-state index contributed by atoms with van der Waals surface area (Å²) in [5.74, 6) is 0. The number of aromatic nitrogens is 1. The molecule has 0 spiro atoms. The van der Waals surface area contributed by atoms with Gasteiger partial charge in [-0.3, -0.25) is 4.98 Å². The molecule has 1 aromatic heterocycles. The van der Waals surface area contributed by atoms with Gasteiger partial charge in [-0.25, -0.2) is 0 Å². The van der Waals surface area contributed by atoms with Crippen LogP contribution in [0.25, 0.3) is 0 Å². The predicted octanol–water partition coefficient (Wildman–Crippen LogP) is 1.93. The Kier molecular flexibility index (Phi) is 4.51. The molecule has 0 unspecified atom stereocenters. The van der Waals surface area contributed by atoms with E-state index >= 15 is 0 Å². The van der Waals surface area contributed by atoms with E-state index in [1.54, 1.807) is 0 Å². The summed E-state index contributed by atoms with van der Waals surface area (Å²) in [5.41, 5.74) is 3.55. The van der Waals surface area contributed by atoms with E-state index in [2.05, 4.69) is 34.7 Å². The summed E-state index contributed by atoms with van der Waals surface area (Å²) in [6.07, 6.45) is 3.96. The van der Waals surface area contributed by atoms with Crippen LogP contribution in [0.5, 0.6) is 0 Å². The third-order valence-corrected chi connectivity index (χ3v) is 3.19. The second-order valence-electron chi connectivity index (χ2n) is 4.96. The van der Waals surface area contributed by atoms with Gasteiger partial charge in [-0.05, 0) is 57.8 Å². The summed E-state index contributed by atoms with van der Waals surface area (Å²) in [6.45, 7) is 7.27. The van der Waals surface area contributed by atoms with Crippen LogP contribution in [0, 0.1) is 13.8 Å². The van der Waals surface area contributed by atoms with Crippen LogP contribution >= 0.6 is 0 Å². The van der Waals surface area contributed by atoms with Crippen molar-refractivity contribution in [3.05, 3.63) is 29.1 Å². The van der Waals surface area contributed by atoms with E-state index in [1.165, 1.54) is 24.8 Å². The average molecular weight is 233 g/mol. The molecular formula is C14H23N3. The minimum absolute atomic E-state index is 0.832. The fraction of sp³-hybridized carbons (Fsp3) is 0.643. The number of hydrogen-bond donors (Lipinski definition) is 2. The second kappa shape index (κ2) is 6.12. The smallest absolute Gasteiger partial charge is 0.0420 e. The fourth-order valence-corrected chi connectivity index (χ4v) is 1.93. The van der Waals surface area contributed by atoms with Crippen molar-refractivity contribution >= 4 is 0 Å². The normalized spacial score (nSPS) is 15.2. The van der Waals surface area contributed by atoms with Crippen LogP contribution in [-0.4, -0.2) is 24.1 Å².